The molecule has 0 spiro atoms. The van der Waals surface area contributed by atoms with Crippen LogP contribution >= 0.6 is 0 Å². The molecule has 1 amide bonds. The Hall–Kier alpha value is -0.780. The summed E-state index contributed by atoms with van der Waals surface area (Å²) in [5.74, 6) is 1.52. The lowest BCUT2D eigenvalue weighted by molar-refractivity contribution is -0.890. The Balaban J connectivity index is 1.27. The van der Waals surface area contributed by atoms with E-state index in [1.54, 1.807) is 0 Å². The van der Waals surface area contributed by atoms with Gasteiger partial charge in [0, 0.05) is 25.8 Å². The largest absolute Gasteiger partial charge is 0.393 e. The number of hydrogen-bond acceptors (Lipinski definition) is 6. The topological polar surface area (TPSA) is 144 Å². The van der Waals surface area contributed by atoms with Crippen LogP contribution in [0.2, 0.25) is 0 Å². The number of hydrogen-bond donors (Lipinski definition) is 5. The maximum atomic E-state index is 12.7. The minimum Gasteiger partial charge on any atom is -0.393 e. The summed E-state index contributed by atoms with van der Waals surface area (Å²) in [6, 6.07) is 0. The van der Waals surface area contributed by atoms with Crippen molar-refractivity contribution >= 4 is 16.0 Å². The van der Waals surface area contributed by atoms with E-state index in [9.17, 15) is 28.5 Å². The molecule has 0 radical (unpaired) electrons. The third-order valence-corrected chi connectivity index (χ3v) is 13.6. The van der Waals surface area contributed by atoms with Crippen LogP contribution in [0, 0.1) is 46.3 Å². The van der Waals surface area contributed by atoms with Gasteiger partial charge in [0.1, 0.15) is 0 Å². The summed E-state index contributed by atoms with van der Waals surface area (Å²) in [6.07, 6.45) is 7.47. The third kappa shape index (κ3) is 7.20. The Kier molecular flexibility index (Phi) is 10.5. The SMILES string of the molecule is C[C@H](CCC(=O)NCCC[N+](C)(C)CCCS(=O)(=O)O)C1CC[C@H]2[C@@H]3[C@H](O)C[C@@H]4C[C@H](O)CC[C@]4(C)[C@H]3C[C@H](O)[C@]12C. The van der Waals surface area contributed by atoms with Gasteiger partial charge < -0.3 is 25.1 Å². The standard InChI is InChI=1S/C32H58N2O7S/c1-21(8-11-29(38)33-14-6-15-34(4,5)16-7-17-42(39,40)41)24-9-10-25-30-26(20-28(37)32(24,25)3)31(2)13-12-23(35)18-22(31)19-27(30)36/h21-28,30,35-37H,6-20H2,1-5H3,(H-,33,38,39,40,41)/p+1/t21-,22+,23-,24?,25+,26+,27-,28+,30+,31+,32-/m1/s1. The lowest BCUT2D eigenvalue weighted by Crippen LogP contribution is -2.62. The molecule has 9 nitrogen and oxygen atoms in total. The van der Waals surface area contributed by atoms with Crippen molar-refractivity contribution in [2.75, 3.05) is 39.5 Å². The van der Waals surface area contributed by atoms with E-state index in [4.69, 9.17) is 4.55 Å². The van der Waals surface area contributed by atoms with Crippen LogP contribution in [0.4, 0.5) is 0 Å². The molecular weight excluding hydrogens is 556 g/mol. The maximum absolute atomic E-state index is 12.7. The van der Waals surface area contributed by atoms with Crippen molar-refractivity contribution in [3.8, 4) is 0 Å². The average Bonchev–Trinajstić information content (AvgIpc) is 3.24. The highest BCUT2D eigenvalue weighted by Crippen LogP contribution is 2.68. The fourth-order valence-corrected chi connectivity index (χ4v) is 10.8. The van der Waals surface area contributed by atoms with Crippen LogP contribution in [0.5, 0.6) is 0 Å². The summed E-state index contributed by atoms with van der Waals surface area (Å²) in [5.41, 5.74) is -0.185. The van der Waals surface area contributed by atoms with E-state index >= 15 is 0 Å². The predicted molar refractivity (Wildman–Crippen MR) is 163 cm³/mol. The van der Waals surface area contributed by atoms with E-state index in [1.807, 2.05) is 14.1 Å². The Morgan fingerprint density at radius 3 is 2.38 bits per heavy atom. The zero-order chi connectivity index (χ0) is 31.1. The molecule has 0 aromatic carbocycles. The maximum Gasteiger partial charge on any atom is 0.265 e. The van der Waals surface area contributed by atoms with Crippen molar-refractivity contribution in [2.45, 2.75) is 110 Å². The number of nitrogens with zero attached hydrogens (tertiary/aromatic N) is 1. The van der Waals surface area contributed by atoms with E-state index < -0.39 is 16.2 Å². The van der Waals surface area contributed by atoms with E-state index in [1.165, 1.54) is 0 Å². The normalized spacial score (nSPS) is 41.0. The van der Waals surface area contributed by atoms with Crippen molar-refractivity contribution in [1.82, 2.24) is 5.32 Å². The second kappa shape index (κ2) is 12.9. The molecule has 4 saturated carbocycles. The first-order valence-corrected chi connectivity index (χ1v) is 18.2. The number of rotatable bonds is 12. The molecular formula is C32H59N2O7S+. The van der Waals surface area contributed by atoms with Crippen LogP contribution in [-0.4, -0.2) is 96.5 Å². The van der Waals surface area contributed by atoms with Crippen LogP contribution in [-0.2, 0) is 14.9 Å². The second-order valence-electron chi connectivity index (χ2n) is 15.8. The van der Waals surface area contributed by atoms with Gasteiger partial charge >= 0.3 is 0 Å². The smallest absolute Gasteiger partial charge is 0.265 e. The third-order valence-electron chi connectivity index (χ3n) is 12.8. The van der Waals surface area contributed by atoms with E-state index in [0.29, 0.717) is 48.2 Å². The van der Waals surface area contributed by atoms with Crippen LogP contribution in [0.1, 0.15) is 91.4 Å². The van der Waals surface area contributed by atoms with Gasteiger partial charge in [0.15, 0.2) is 0 Å². The first-order chi connectivity index (χ1) is 19.5. The summed E-state index contributed by atoms with van der Waals surface area (Å²) in [6.45, 7) is 8.87. The quantitative estimate of drug-likeness (QED) is 0.129. The molecule has 4 rings (SSSR count). The van der Waals surface area contributed by atoms with Crippen molar-refractivity contribution < 1.29 is 37.6 Å². The molecule has 244 valence electrons. The molecule has 0 saturated heterocycles. The van der Waals surface area contributed by atoms with Crippen LogP contribution in [0.25, 0.3) is 0 Å². The molecule has 0 aromatic heterocycles. The van der Waals surface area contributed by atoms with Gasteiger partial charge in [0.25, 0.3) is 10.1 Å². The molecule has 1 unspecified atom stereocenters. The molecule has 0 bridgehead atoms. The first-order valence-electron chi connectivity index (χ1n) is 16.6. The molecule has 0 heterocycles. The van der Waals surface area contributed by atoms with Crippen molar-refractivity contribution in [3.63, 3.8) is 0 Å². The fraction of sp³-hybridized carbons (Fsp3) is 0.969. The Bertz CT molecular complexity index is 1050. The number of amides is 1. The van der Waals surface area contributed by atoms with Crippen LogP contribution < -0.4 is 5.32 Å². The Labute approximate surface area is 254 Å². The molecule has 4 aliphatic carbocycles. The number of aliphatic hydroxyl groups excluding tert-OH is 3. The molecule has 0 aromatic rings. The molecule has 4 fully saturated rings. The van der Waals surface area contributed by atoms with Gasteiger partial charge in [-0.25, -0.2) is 0 Å². The molecule has 0 aliphatic heterocycles. The van der Waals surface area contributed by atoms with Gasteiger partial charge in [-0.05, 0) is 97.7 Å². The second-order valence-corrected chi connectivity index (χ2v) is 17.3. The first kappa shape index (κ1) is 34.1. The number of fused-ring (bicyclic) bond motifs is 5. The number of carbonyl (C=O) groups is 1. The van der Waals surface area contributed by atoms with Gasteiger partial charge in [-0.15, -0.1) is 0 Å². The molecule has 42 heavy (non-hydrogen) atoms. The lowest BCUT2D eigenvalue weighted by atomic mass is 9.43. The van der Waals surface area contributed by atoms with Crippen molar-refractivity contribution in [1.29, 1.82) is 0 Å². The number of quaternary nitrogens is 1. The Morgan fingerprint density at radius 1 is 1.00 bits per heavy atom. The summed E-state index contributed by atoms with van der Waals surface area (Å²) in [5, 5.41) is 36.6. The zero-order valence-electron chi connectivity index (χ0n) is 26.7. The highest BCUT2D eigenvalue weighted by atomic mass is 32.2. The molecule has 4 aliphatic rings. The monoisotopic (exact) mass is 615 g/mol. The summed E-state index contributed by atoms with van der Waals surface area (Å²) in [7, 11) is 0.114. The molecule has 10 heteroatoms. The van der Waals surface area contributed by atoms with Gasteiger partial charge in [0.2, 0.25) is 5.91 Å². The molecule has 5 N–H and O–H groups in total. The average molecular weight is 616 g/mol. The summed E-state index contributed by atoms with van der Waals surface area (Å²) < 4.78 is 31.5. The number of carbonyl (C=O) groups excluding carboxylic acids is 1. The van der Waals surface area contributed by atoms with Gasteiger partial charge in [-0.1, -0.05) is 20.8 Å². The predicted octanol–water partition coefficient (Wildman–Crippen LogP) is 3.22. The van der Waals surface area contributed by atoms with Crippen LogP contribution in [0.15, 0.2) is 0 Å². The Morgan fingerprint density at radius 2 is 1.69 bits per heavy atom. The summed E-state index contributed by atoms with van der Waals surface area (Å²) in [4.78, 5) is 12.7. The highest BCUT2D eigenvalue weighted by Gasteiger charge is 2.65. The van der Waals surface area contributed by atoms with Crippen molar-refractivity contribution in [3.05, 3.63) is 0 Å². The lowest BCUT2D eigenvalue weighted by Gasteiger charge is -2.63. The van der Waals surface area contributed by atoms with Crippen LogP contribution in [0.3, 0.4) is 0 Å². The molecule has 11 atom stereocenters. The van der Waals surface area contributed by atoms with Gasteiger partial charge in [0.05, 0.1) is 51.2 Å². The summed E-state index contributed by atoms with van der Waals surface area (Å²) >= 11 is 0. The van der Waals surface area contributed by atoms with E-state index in [2.05, 4.69) is 26.1 Å². The van der Waals surface area contributed by atoms with Gasteiger partial charge in [-0.2, -0.15) is 8.42 Å². The van der Waals surface area contributed by atoms with Gasteiger partial charge in [-0.3, -0.25) is 9.35 Å². The number of aliphatic hydroxyl groups is 3. The number of nitrogens with one attached hydrogen (secondary N) is 1. The fourth-order valence-electron chi connectivity index (χ4n) is 10.3. The van der Waals surface area contributed by atoms with E-state index in [-0.39, 0.29) is 52.5 Å². The van der Waals surface area contributed by atoms with Crippen molar-refractivity contribution in [2.24, 2.45) is 46.3 Å². The minimum absolute atomic E-state index is 0.0450. The zero-order valence-corrected chi connectivity index (χ0v) is 27.5. The van der Waals surface area contributed by atoms with E-state index in [0.717, 1.165) is 64.3 Å². The minimum atomic E-state index is -3.93. The highest BCUT2D eigenvalue weighted by molar-refractivity contribution is 7.85.